The van der Waals surface area contributed by atoms with E-state index in [1.54, 1.807) is 37.4 Å². The zero-order chi connectivity index (χ0) is 24.4. The van der Waals surface area contributed by atoms with Gasteiger partial charge in [0.05, 0.1) is 30.3 Å². The number of ether oxygens (including phenoxy) is 1. The number of H-pyrrole nitrogens is 1. The van der Waals surface area contributed by atoms with Crippen LogP contribution < -0.4 is 4.90 Å². The van der Waals surface area contributed by atoms with E-state index in [2.05, 4.69) is 25.1 Å². The molecule has 2 aliphatic heterocycles. The molecule has 2 amide bonds. The van der Waals surface area contributed by atoms with E-state index < -0.39 is 12.0 Å². The van der Waals surface area contributed by atoms with Gasteiger partial charge in [0.1, 0.15) is 11.5 Å². The third-order valence-electron chi connectivity index (χ3n) is 6.51. The molecule has 0 spiro atoms. The Labute approximate surface area is 202 Å². The lowest BCUT2D eigenvalue weighted by atomic mass is 9.95. The number of imide groups is 1. The Kier molecular flexibility index (Phi) is 6.37. The van der Waals surface area contributed by atoms with Crippen LogP contribution in [0.15, 0.2) is 48.7 Å². The lowest BCUT2D eigenvalue weighted by Gasteiger charge is -2.33. The standard InChI is InChI=1S/C25H26N6O4/c1-2-35-25(34)17-6-8-18(9-7-17)31-21(32)15-20(24(31)33)30-13-10-16(11-14-30)22-27-23(29-28-22)19-5-3-4-12-26-19/h3-9,12,16,20H,2,10-11,13-15H2,1H3,(H,27,28,29)/t20-/m0/s1. The van der Waals surface area contributed by atoms with Crippen molar-refractivity contribution in [3.8, 4) is 11.5 Å². The number of aromatic amines is 1. The minimum absolute atomic E-state index is 0.148. The minimum Gasteiger partial charge on any atom is -0.462 e. The number of aromatic nitrogens is 4. The van der Waals surface area contributed by atoms with Crippen LogP contribution in [0.25, 0.3) is 11.5 Å². The van der Waals surface area contributed by atoms with E-state index in [1.165, 1.54) is 4.90 Å². The van der Waals surface area contributed by atoms with Crippen molar-refractivity contribution in [1.82, 2.24) is 25.1 Å². The number of likely N-dealkylation sites (tertiary alicyclic amines) is 1. The molecule has 0 radical (unpaired) electrons. The zero-order valence-electron chi connectivity index (χ0n) is 19.4. The van der Waals surface area contributed by atoms with E-state index in [0.29, 0.717) is 30.2 Å². The van der Waals surface area contributed by atoms with E-state index in [-0.39, 0.29) is 30.8 Å². The Hall–Kier alpha value is -3.92. The Morgan fingerprint density at radius 1 is 1.11 bits per heavy atom. The molecule has 1 N–H and O–H groups in total. The molecule has 2 aliphatic rings. The highest BCUT2D eigenvalue weighted by Gasteiger charge is 2.43. The summed E-state index contributed by atoms with van der Waals surface area (Å²) in [4.78, 5) is 50.0. The molecule has 10 nitrogen and oxygen atoms in total. The smallest absolute Gasteiger partial charge is 0.338 e. The molecule has 2 saturated heterocycles. The van der Waals surface area contributed by atoms with Crippen molar-refractivity contribution >= 4 is 23.5 Å². The summed E-state index contributed by atoms with van der Waals surface area (Å²) in [5.74, 6) is 0.704. The summed E-state index contributed by atoms with van der Waals surface area (Å²) in [6.45, 7) is 3.39. The van der Waals surface area contributed by atoms with Crippen LogP contribution in [-0.2, 0) is 14.3 Å². The number of nitrogens with one attached hydrogen (secondary N) is 1. The van der Waals surface area contributed by atoms with Gasteiger partial charge >= 0.3 is 5.97 Å². The zero-order valence-corrected chi connectivity index (χ0v) is 19.4. The van der Waals surface area contributed by atoms with Crippen molar-refractivity contribution in [2.24, 2.45) is 0 Å². The molecule has 180 valence electrons. The van der Waals surface area contributed by atoms with E-state index in [1.807, 2.05) is 18.2 Å². The van der Waals surface area contributed by atoms with Gasteiger partial charge in [0.25, 0.3) is 5.91 Å². The van der Waals surface area contributed by atoms with E-state index >= 15 is 0 Å². The number of pyridine rings is 1. The van der Waals surface area contributed by atoms with Crippen molar-refractivity contribution in [3.05, 3.63) is 60.0 Å². The van der Waals surface area contributed by atoms with Crippen LogP contribution in [0.3, 0.4) is 0 Å². The number of hydrogen-bond donors (Lipinski definition) is 1. The van der Waals surface area contributed by atoms with Gasteiger partial charge in [0.15, 0.2) is 5.82 Å². The molecule has 5 rings (SSSR count). The van der Waals surface area contributed by atoms with E-state index in [9.17, 15) is 14.4 Å². The number of carbonyl (C=O) groups excluding carboxylic acids is 3. The fraction of sp³-hybridized carbons (Fsp3) is 0.360. The Bertz CT molecular complexity index is 1220. The molecule has 1 aromatic carbocycles. The van der Waals surface area contributed by atoms with Crippen molar-refractivity contribution in [1.29, 1.82) is 0 Å². The molecule has 0 unspecified atom stereocenters. The highest BCUT2D eigenvalue weighted by molar-refractivity contribution is 6.22. The third-order valence-corrected chi connectivity index (χ3v) is 6.51. The molecular formula is C25H26N6O4. The van der Waals surface area contributed by atoms with Gasteiger partial charge in [-0.25, -0.2) is 14.7 Å². The molecule has 4 heterocycles. The largest absolute Gasteiger partial charge is 0.462 e. The Morgan fingerprint density at radius 2 is 1.89 bits per heavy atom. The van der Waals surface area contributed by atoms with Crippen LogP contribution in [0, 0.1) is 0 Å². The van der Waals surface area contributed by atoms with E-state index in [0.717, 1.165) is 24.4 Å². The molecule has 1 atom stereocenters. The molecule has 3 aromatic rings. The number of piperidine rings is 1. The molecule has 2 fully saturated rings. The summed E-state index contributed by atoms with van der Waals surface area (Å²) in [7, 11) is 0. The maximum atomic E-state index is 13.2. The third kappa shape index (κ3) is 4.57. The molecule has 0 bridgehead atoms. The second kappa shape index (κ2) is 9.75. The predicted octanol–water partition coefficient (Wildman–Crippen LogP) is 2.55. The SMILES string of the molecule is CCOC(=O)c1ccc(N2C(=O)C[C@H](N3CCC(c4nc(-c5ccccn5)n[nH]4)CC3)C2=O)cc1. The van der Waals surface area contributed by atoms with Crippen LogP contribution >= 0.6 is 0 Å². The number of rotatable bonds is 6. The van der Waals surface area contributed by atoms with Gasteiger partial charge in [-0.05, 0) is 69.3 Å². The van der Waals surface area contributed by atoms with Crippen LogP contribution in [-0.4, -0.2) is 68.6 Å². The van der Waals surface area contributed by atoms with E-state index in [4.69, 9.17) is 4.74 Å². The summed E-state index contributed by atoms with van der Waals surface area (Å²) in [6.07, 6.45) is 3.48. The number of benzene rings is 1. The lowest BCUT2D eigenvalue weighted by Crippen LogP contribution is -2.45. The quantitative estimate of drug-likeness (QED) is 0.427. The topological polar surface area (TPSA) is 121 Å². The second-order valence-corrected chi connectivity index (χ2v) is 8.62. The number of hydrogen-bond acceptors (Lipinski definition) is 8. The molecule has 10 heteroatoms. The second-order valence-electron chi connectivity index (χ2n) is 8.62. The first-order valence-electron chi connectivity index (χ1n) is 11.8. The van der Waals surface area contributed by atoms with Gasteiger partial charge in [-0.2, -0.15) is 5.10 Å². The van der Waals surface area contributed by atoms with Crippen molar-refractivity contribution in [3.63, 3.8) is 0 Å². The molecule has 35 heavy (non-hydrogen) atoms. The molecule has 0 saturated carbocycles. The fourth-order valence-electron chi connectivity index (χ4n) is 4.68. The van der Waals surface area contributed by atoms with Crippen LogP contribution in [0.2, 0.25) is 0 Å². The number of nitrogens with zero attached hydrogens (tertiary/aromatic N) is 5. The first kappa shape index (κ1) is 22.9. The van der Waals surface area contributed by atoms with Crippen molar-refractivity contribution in [2.45, 2.75) is 38.1 Å². The average molecular weight is 475 g/mol. The number of amides is 2. The molecule has 2 aromatic heterocycles. The lowest BCUT2D eigenvalue weighted by molar-refractivity contribution is -0.123. The van der Waals surface area contributed by atoms with Gasteiger partial charge in [-0.15, -0.1) is 0 Å². The number of esters is 1. The van der Waals surface area contributed by atoms with Gasteiger partial charge in [0.2, 0.25) is 5.91 Å². The monoisotopic (exact) mass is 474 g/mol. The first-order valence-corrected chi connectivity index (χ1v) is 11.8. The fourth-order valence-corrected chi connectivity index (χ4v) is 4.68. The van der Waals surface area contributed by atoms with Crippen molar-refractivity contribution < 1.29 is 19.1 Å². The van der Waals surface area contributed by atoms with Gasteiger partial charge in [-0.3, -0.25) is 24.6 Å². The summed E-state index contributed by atoms with van der Waals surface area (Å²) in [5.41, 5.74) is 1.57. The van der Waals surface area contributed by atoms with Crippen LogP contribution in [0.5, 0.6) is 0 Å². The van der Waals surface area contributed by atoms with Gasteiger partial charge in [-0.1, -0.05) is 6.07 Å². The summed E-state index contributed by atoms with van der Waals surface area (Å²) in [6, 6.07) is 11.5. The predicted molar refractivity (Wildman–Crippen MR) is 126 cm³/mol. The molecule has 0 aliphatic carbocycles. The van der Waals surface area contributed by atoms with Gasteiger partial charge < -0.3 is 4.74 Å². The van der Waals surface area contributed by atoms with Gasteiger partial charge in [0, 0.05) is 12.1 Å². The maximum absolute atomic E-state index is 13.2. The number of anilines is 1. The van der Waals surface area contributed by atoms with Crippen LogP contribution in [0.1, 0.15) is 48.3 Å². The first-order chi connectivity index (χ1) is 17.0. The normalized spacial score (nSPS) is 19.3. The van der Waals surface area contributed by atoms with Crippen LogP contribution in [0.4, 0.5) is 5.69 Å². The maximum Gasteiger partial charge on any atom is 0.338 e. The molecular weight excluding hydrogens is 448 g/mol. The minimum atomic E-state index is -0.480. The Morgan fingerprint density at radius 3 is 2.57 bits per heavy atom. The van der Waals surface area contributed by atoms with Crippen molar-refractivity contribution in [2.75, 3.05) is 24.6 Å². The Balaban J connectivity index is 1.21. The number of carbonyl (C=O) groups is 3. The highest BCUT2D eigenvalue weighted by atomic mass is 16.5. The average Bonchev–Trinajstić information content (AvgIpc) is 3.50. The highest BCUT2D eigenvalue weighted by Crippen LogP contribution is 2.32. The summed E-state index contributed by atoms with van der Waals surface area (Å²) < 4.78 is 4.99. The summed E-state index contributed by atoms with van der Waals surface area (Å²) >= 11 is 0. The summed E-state index contributed by atoms with van der Waals surface area (Å²) in [5, 5.41) is 7.35.